The Bertz CT molecular complexity index is 527. The molecule has 0 bridgehead atoms. The number of benzene rings is 1. The molecule has 0 amide bonds. The fourth-order valence-electron chi connectivity index (χ4n) is 1.94. The molecular formula is C14H19N3S. The molecule has 1 unspecified atom stereocenters. The van der Waals surface area contributed by atoms with Gasteiger partial charge < -0.3 is 11.1 Å². The zero-order chi connectivity index (χ0) is 13.0. The second kappa shape index (κ2) is 5.96. The summed E-state index contributed by atoms with van der Waals surface area (Å²) in [5.74, 6) is 1.16. The Labute approximate surface area is 112 Å². The summed E-state index contributed by atoms with van der Waals surface area (Å²) >= 11 is 1.87. The maximum atomic E-state index is 5.96. The number of thioether (sulfide) groups is 1. The highest BCUT2D eigenvalue weighted by Gasteiger charge is 2.07. The molecule has 0 aliphatic rings. The van der Waals surface area contributed by atoms with Crippen LogP contribution in [-0.2, 0) is 0 Å². The van der Waals surface area contributed by atoms with Gasteiger partial charge in [-0.15, -0.1) is 0 Å². The summed E-state index contributed by atoms with van der Waals surface area (Å²) in [6.07, 6.45) is 5.08. The quantitative estimate of drug-likeness (QED) is 0.810. The topological polar surface area (TPSA) is 50.9 Å². The molecule has 1 aromatic heterocycles. The van der Waals surface area contributed by atoms with Crippen LogP contribution in [0.4, 0.5) is 11.4 Å². The molecule has 1 aromatic carbocycles. The molecule has 3 nitrogen and oxygen atoms in total. The molecule has 18 heavy (non-hydrogen) atoms. The van der Waals surface area contributed by atoms with E-state index in [4.69, 9.17) is 5.73 Å². The van der Waals surface area contributed by atoms with E-state index in [0.29, 0.717) is 6.04 Å². The highest BCUT2D eigenvalue weighted by atomic mass is 32.2. The lowest BCUT2D eigenvalue weighted by Gasteiger charge is -2.16. The minimum atomic E-state index is 0.436. The van der Waals surface area contributed by atoms with Crippen molar-refractivity contribution >= 4 is 34.0 Å². The van der Waals surface area contributed by atoms with Crippen molar-refractivity contribution in [2.75, 3.05) is 23.1 Å². The highest BCUT2D eigenvalue weighted by molar-refractivity contribution is 7.98. The summed E-state index contributed by atoms with van der Waals surface area (Å²) in [4.78, 5) is 4.43. The molecule has 0 saturated carbocycles. The zero-order valence-electron chi connectivity index (χ0n) is 10.8. The third-order valence-corrected chi connectivity index (χ3v) is 3.60. The van der Waals surface area contributed by atoms with Gasteiger partial charge in [-0.2, -0.15) is 11.8 Å². The monoisotopic (exact) mass is 261 g/mol. The van der Waals surface area contributed by atoms with E-state index in [-0.39, 0.29) is 0 Å². The van der Waals surface area contributed by atoms with Gasteiger partial charge in [0.25, 0.3) is 0 Å². The van der Waals surface area contributed by atoms with Crippen LogP contribution >= 0.6 is 11.8 Å². The van der Waals surface area contributed by atoms with Crippen LogP contribution in [0.15, 0.2) is 30.5 Å². The predicted molar refractivity (Wildman–Crippen MR) is 82.2 cm³/mol. The van der Waals surface area contributed by atoms with Crippen LogP contribution in [-0.4, -0.2) is 23.0 Å². The highest BCUT2D eigenvalue weighted by Crippen LogP contribution is 2.26. The Balaban J connectivity index is 2.26. The Morgan fingerprint density at radius 1 is 1.39 bits per heavy atom. The average Bonchev–Trinajstić information content (AvgIpc) is 2.40. The van der Waals surface area contributed by atoms with Gasteiger partial charge >= 0.3 is 0 Å². The first-order chi connectivity index (χ1) is 8.72. The predicted octanol–water partition coefficient (Wildman–Crippen LogP) is 3.37. The molecule has 2 rings (SSSR count). The van der Waals surface area contributed by atoms with Crippen molar-refractivity contribution in [3.63, 3.8) is 0 Å². The van der Waals surface area contributed by atoms with Crippen molar-refractivity contribution in [2.24, 2.45) is 0 Å². The van der Waals surface area contributed by atoms with Crippen LogP contribution < -0.4 is 11.1 Å². The molecule has 0 radical (unpaired) electrons. The van der Waals surface area contributed by atoms with Crippen molar-refractivity contribution < 1.29 is 0 Å². The van der Waals surface area contributed by atoms with Crippen molar-refractivity contribution in [1.82, 2.24) is 4.98 Å². The van der Waals surface area contributed by atoms with Crippen molar-refractivity contribution in [1.29, 1.82) is 0 Å². The normalized spacial score (nSPS) is 12.6. The van der Waals surface area contributed by atoms with E-state index < -0.39 is 0 Å². The number of anilines is 2. The number of aromatic nitrogens is 1. The number of hydrogen-bond donors (Lipinski definition) is 2. The van der Waals surface area contributed by atoms with Crippen LogP contribution in [0.25, 0.3) is 10.9 Å². The van der Waals surface area contributed by atoms with Crippen LogP contribution in [0, 0.1) is 0 Å². The molecule has 1 atom stereocenters. The maximum absolute atomic E-state index is 5.96. The Kier molecular flexibility index (Phi) is 4.31. The van der Waals surface area contributed by atoms with Gasteiger partial charge in [-0.1, -0.05) is 0 Å². The van der Waals surface area contributed by atoms with E-state index in [9.17, 15) is 0 Å². The Morgan fingerprint density at radius 3 is 3.00 bits per heavy atom. The standard InChI is InChI=1S/C14H19N3S/c1-10(7-9-18-2)17-13-6-5-12(15)11-4-3-8-16-14(11)13/h3-6,8,10,17H,7,9,15H2,1-2H3. The number of nitrogen functional groups attached to an aromatic ring is 1. The first-order valence-corrected chi connectivity index (χ1v) is 7.50. The van der Waals surface area contributed by atoms with Crippen LogP contribution in [0.5, 0.6) is 0 Å². The number of fused-ring (bicyclic) bond motifs is 1. The Hall–Kier alpha value is -1.42. The summed E-state index contributed by atoms with van der Waals surface area (Å²) in [5.41, 5.74) is 8.76. The van der Waals surface area contributed by atoms with Gasteiger partial charge in [0.1, 0.15) is 0 Å². The fourth-order valence-corrected chi connectivity index (χ4v) is 2.53. The average molecular weight is 261 g/mol. The fraction of sp³-hybridized carbons (Fsp3) is 0.357. The molecular weight excluding hydrogens is 242 g/mol. The molecule has 3 N–H and O–H groups in total. The van der Waals surface area contributed by atoms with Gasteiger partial charge in [0.15, 0.2) is 0 Å². The third kappa shape index (κ3) is 2.88. The molecule has 0 aliphatic carbocycles. The smallest absolute Gasteiger partial charge is 0.0953 e. The van der Waals surface area contributed by atoms with Gasteiger partial charge in [-0.05, 0) is 49.6 Å². The minimum absolute atomic E-state index is 0.436. The van der Waals surface area contributed by atoms with E-state index >= 15 is 0 Å². The van der Waals surface area contributed by atoms with Gasteiger partial charge in [0.05, 0.1) is 11.2 Å². The molecule has 0 saturated heterocycles. The number of rotatable bonds is 5. The van der Waals surface area contributed by atoms with Gasteiger partial charge in [0.2, 0.25) is 0 Å². The van der Waals surface area contributed by atoms with Crippen LogP contribution in [0.2, 0.25) is 0 Å². The van der Waals surface area contributed by atoms with E-state index in [2.05, 4.69) is 23.5 Å². The molecule has 1 heterocycles. The first-order valence-electron chi connectivity index (χ1n) is 6.11. The molecule has 4 heteroatoms. The summed E-state index contributed by atoms with van der Waals surface area (Å²) < 4.78 is 0. The van der Waals surface area contributed by atoms with Crippen molar-refractivity contribution in [3.05, 3.63) is 30.5 Å². The van der Waals surface area contributed by atoms with E-state index in [1.54, 1.807) is 6.20 Å². The van der Waals surface area contributed by atoms with Crippen molar-refractivity contribution in [2.45, 2.75) is 19.4 Å². The summed E-state index contributed by atoms with van der Waals surface area (Å²) in [5, 5.41) is 4.53. The molecule has 2 aromatic rings. The third-order valence-electron chi connectivity index (χ3n) is 2.96. The number of pyridine rings is 1. The van der Waals surface area contributed by atoms with E-state index in [1.165, 1.54) is 0 Å². The molecule has 0 spiro atoms. The molecule has 0 aliphatic heterocycles. The zero-order valence-corrected chi connectivity index (χ0v) is 11.6. The van der Waals surface area contributed by atoms with Gasteiger partial charge in [-0.3, -0.25) is 4.98 Å². The van der Waals surface area contributed by atoms with Gasteiger partial charge in [-0.25, -0.2) is 0 Å². The SMILES string of the molecule is CSCCC(C)Nc1ccc(N)c2cccnc12. The summed E-state index contributed by atoms with van der Waals surface area (Å²) in [6, 6.07) is 8.31. The minimum Gasteiger partial charge on any atom is -0.398 e. The maximum Gasteiger partial charge on any atom is 0.0953 e. The largest absolute Gasteiger partial charge is 0.398 e. The number of nitrogens with one attached hydrogen (secondary N) is 1. The van der Waals surface area contributed by atoms with Crippen LogP contribution in [0.1, 0.15) is 13.3 Å². The van der Waals surface area contributed by atoms with E-state index in [0.717, 1.165) is 34.5 Å². The lowest BCUT2D eigenvalue weighted by Crippen LogP contribution is -2.16. The molecule has 0 fully saturated rings. The number of hydrogen-bond acceptors (Lipinski definition) is 4. The summed E-state index contributed by atoms with van der Waals surface area (Å²) in [6.45, 7) is 2.20. The van der Waals surface area contributed by atoms with Gasteiger partial charge in [0, 0.05) is 23.3 Å². The Morgan fingerprint density at radius 2 is 2.22 bits per heavy atom. The lowest BCUT2D eigenvalue weighted by atomic mass is 10.1. The molecule has 96 valence electrons. The number of nitrogens with zero attached hydrogens (tertiary/aromatic N) is 1. The van der Waals surface area contributed by atoms with E-state index in [1.807, 2.05) is 36.0 Å². The lowest BCUT2D eigenvalue weighted by molar-refractivity contribution is 0.773. The van der Waals surface area contributed by atoms with Crippen molar-refractivity contribution in [3.8, 4) is 0 Å². The first kappa shape index (κ1) is 13.0. The summed E-state index contributed by atoms with van der Waals surface area (Å²) in [7, 11) is 0. The second-order valence-corrected chi connectivity index (χ2v) is 5.41. The number of nitrogens with two attached hydrogens (primary N) is 1. The second-order valence-electron chi connectivity index (χ2n) is 4.43. The van der Waals surface area contributed by atoms with Crippen LogP contribution in [0.3, 0.4) is 0 Å².